The number of benzene rings is 1. The molecule has 0 saturated heterocycles. The van der Waals surface area contributed by atoms with Crippen molar-refractivity contribution in [1.82, 2.24) is 10.3 Å². The molecule has 0 radical (unpaired) electrons. The minimum atomic E-state index is -0.137. The summed E-state index contributed by atoms with van der Waals surface area (Å²) < 4.78 is 5.59. The van der Waals surface area contributed by atoms with Gasteiger partial charge in [-0.05, 0) is 38.8 Å². The molecule has 1 fully saturated rings. The van der Waals surface area contributed by atoms with Crippen molar-refractivity contribution in [3.63, 3.8) is 0 Å². The molecule has 1 aromatic carbocycles. The number of amides is 1. The fourth-order valence-corrected chi connectivity index (χ4v) is 1.91. The minimum Gasteiger partial charge on any atom is -0.441 e. The van der Waals surface area contributed by atoms with E-state index >= 15 is 0 Å². The van der Waals surface area contributed by atoms with Crippen molar-refractivity contribution in [2.45, 2.75) is 32.7 Å². The number of rotatable bonds is 3. The third-order valence-electron chi connectivity index (χ3n) is 3.22. The van der Waals surface area contributed by atoms with Crippen LogP contribution in [0.15, 0.2) is 28.7 Å². The van der Waals surface area contributed by atoms with Crippen LogP contribution in [0.1, 0.15) is 34.7 Å². The molecule has 1 N–H and O–H groups in total. The van der Waals surface area contributed by atoms with Crippen LogP contribution in [0.25, 0.3) is 11.5 Å². The average Bonchev–Trinajstić information content (AvgIpc) is 3.11. The second kappa shape index (κ2) is 4.53. The van der Waals surface area contributed by atoms with Crippen molar-refractivity contribution in [3.8, 4) is 11.5 Å². The van der Waals surface area contributed by atoms with Gasteiger partial charge >= 0.3 is 0 Å². The lowest BCUT2D eigenvalue weighted by Gasteiger charge is -1.98. The van der Waals surface area contributed by atoms with Crippen LogP contribution in [0.2, 0.25) is 0 Å². The quantitative estimate of drug-likeness (QED) is 0.918. The first-order valence-corrected chi connectivity index (χ1v) is 6.49. The monoisotopic (exact) mass is 256 g/mol. The smallest absolute Gasteiger partial charge is 0.273 e. The fourth-order valence-electron chi connectivity index (χ4n) is 1.91. The summed E-state index contributed by atoms with van der Waals surface area (Å²) in [5.74, 6) is 0.925. The van der Waals surface area contributed by atoms with Gasteiger partial charge in [0.25, 0.3) is 5.91 Å². The van der Waals surface area contributed by atoms with E-state index in [-0.39, 0.29) is 5.91 Å². The van der Waals surface area contributed by atoms with E-state index in [2.05, 4.69) is 10.3 Å². The largest absolute Gasteiger partial charge is 0.441 e. The Morgan fingerprint density at radius 3 is 2.58 bits per heavy atom. The van der Waals surface area contributed by atoms with E-state index < -0.39 is 0 Å². The third kappa shape index (κ3) is 2.52. The number of nitrogens with one attached hydrogen (secondary N) is 1. The molecule has 1 aliphatic carbocycles. The highest BCUT2D eigenvalue weighted by Gasteiger charge is 2.26. The van der Waals surface area contributed by atoms with Crippen molar-refractivity contribution < 1.29 is 9.21 Å². The van der Waals surface area contributed by atoms with E-state index in [1.54, 1.807) is 6.92 Å². The van der Waals surface area contributed by atoms with E-state index in [1.807, 2.05) is 31.2 Å². The molecule has 0 bridgehead atoms. The van der Waals surface area contributed by atoms with Crippen molar-refractivity contribution in [3.05, 3.63) is 41.3 Å². The normalized spacial score (nSPS) is 14.4. The average molecular weight is 256 g/mol. The highest BCUT2D eigenvalue weighted by atomic mass is 16.4. The molecule has 0 unspecified atom stereocenters. The number of aryl methyl sites for hydroxylation is 2. The topological polar surface area (TPSA) is 55.1 Å². The zero-order valence-electron chi connectivity index (χ0n) is 11.1. The Hall–Kier alpha value is -2.10. The summed E-state index contributed by atoms with van der Waals surface area (Å²) in [5, 5.41) is 2.92. The fraction of sp³-hybridized carbons (Fsp3) is 0.333. The number of oxazole rings is 1. The predicted molar refractivity (Wildman–Crippen MR) is 71.9 cm³/mol. The van der Waals surface area contributed by atoms with Crippen LogP contribution in [0.5, 0.6) is 0 Å². The number of hydrogen-bond acceptors (Lipinski definition) is 3. The number of hydrogen-bond donors (Lipinski definition) is 1. The van der Waals surface area contributed by atoms with Crippen LogP contribution in [0.3, 0.4) is 0 Å². The zero-order chi connectivity index (χ0) is 13.4. The molecule has 0 spiro atoms. The van der Waals surface area contributed by atoms with Crippen molar-refractivity contribution in [2.75, 3.05) is 0 Å². The number of aromatic nitrogens is 1. The Morgan fingerprint density at radius 2 is 1.95 bits per heavy atom. The Bertz CT molecular complexity index is 610. The summed E-state index contributed by atoms with van der Waals surface area (Å²) in [4.78, 5) is 16.3. The van der Waals surface area contributed by atoms with Crippen LogP contribution in [-0.4, -0.2) is 16.9 Å². The standard InChI is InChI=1S/C15H16N2O2/c1-9-3-5-11(6-4-9)15-17-13(10(2)19-15)14(18)16-12-7-8-12/h3-6,12H,7-8H2,1-2H3,(H,16,18). The molecule has 4 heteroatoms. The van der Waals surface area contributed by atoms with E-state index in [9.17, 15) is 4.79 Å². The van der Waals surface area contributed by atoms with Gasteiger partial charge in [-0.2, -0.15) is 0 Å². The maximum Gasteiger partial charge on any atom is 0.273 e. The van der Waals surface area contributed by atoms with Crippen LogP contribution >= 0.6 is 0 Å². The van der Waals surface area contributed by atoms with Gasteiger partial charge in [-0.3, -0.25) is 4.79 Å². The molecule has 0 aliphatic heterocycles. The molecule has 98 valence electrons. The Balaban J connectivity index is 1.87. The number of carbonyl (C=O) groups excluding carboxylic acids is 1. The van der Waals surface area contributed by atoms with Gasteiger partial charge in [0.2, 0.25) is 5.89 Å². The molecule has 3 rings (SSSR count). The summed E-state index contributed by atoms with van der Waals surface area (Å²) in [6, 6.07) is 8.22. The Morgan fingerprint density at radius 1 is 1.26 bits per heavy atom. The second-order valence-electron chi connectivity index (χ2n) is 5.04. The van der Waals surface area contributed by atoms with Crippen LogP contribution in [-0.2, 0) is 0 Å². The molecule has 2 aromatic rings. The van der Waals surface area contributed by atoms with Gasteiger partial charge in [0.05, 0.1) is 0 Å². The molecule has 1 heterocycles. The van der Waals surface area contributed by atoms with Gasteiger partial charge in [0, 0.05) is 11.6 Å². The highest BCUT2D eigenvalue weighted by molar-refractivity contribution is 5.94. The summed E-state index contributed by atoms with van der Waals surface area (Å²) in [5.41, 5.74) is 2.46. The zero-order valence-corrected chi connectivity index (χ0v) is 11.1. The first-order chi connectivity index (χ1) is 9.13. The maximum absolute atomic E-state index is 12.0. The second-order valence-corrected chi connectivity index (χ2v) is 5.04. The van der Waals surface area contributed by atoms with Gasteiger partial charge in [-0.25, -0.2) is 4.98 Å². The summed E-state index contributed by atoms with van der Waals surface area (Å²) in [7, 11) is 0. The van der Waals surface area contributed by atoms with Gasteiger partial charge in [0.15, 0.2) is 5.69 Å². The molecule has 1 aliphatic rings. The lowest BCUT2D eigenvalue weighted by molar-refractivity contribution is 0.0945. The number of nitrogens with zero attached hydrogens (tertiary/aromatic N) is 1. The van der Waals surface area contributed by atoms with E-state index in [0.717, 1.165) is 18.4 Å². The van der Waals surface area contributed by atoms with Gasteiger partial charge in [0.1, 0.15) is 5.76 Å². The van der Waals surface area contributed by atoms with Crippen LogP contribution in [0.4, 0.5) is 0 Å². The van der Waals surface area contributed by atoms with Crippen LogP contribution < -0.4 is 5.32 Å². The molecule has 4 nitrogen and oxygen atoms in total. The SMILES string of the molecule is Cc1ccc(-c2nc(C(=O)NC3CC3)c(C)o2)cc1. The van der Waals surface area contributed by atoms with E-state index in [4.69, 9.17) is 4.42 Å². The lowest BCUT2D eigenvalue weighted by atomic mass is 10.1. The maximum atomic E-state index is 12.0. The minimum absolute atomic E-state index is 0.137. The molecule has 19 heavy (non-hydrogen) atoms. The lowest BCUT2D eigenvalue weighted by Crippen LogP contribution is -2.26. The van der Waals surface area contributed by atoms with E-state index in [0.29, 0.717) is 23.4 Å². The van der Waals surface area contributed by atoms with Crippen LogP contribution in [0, 0.1) is 13.8 Å². The molecular formula is C15H16N2O2. The van der Waals surface area contributed by atoms with Gasteiger partial charge in [-0.1, -0.05) is 17.7 Å². The first-order valence-electron chi connectivity index (χ1n) is 6.49. The van der Waals surface area contributed by atoms with Gasteiger partial charge in [-0.15, -0.1) is 0 Å². The third-order valence-corrected chi connectivity index (χ3v) is 3.22. The number of carbonyl (C=O) groups is 1. The summed E-state index contributed by atoms with van der Waals surface area (Å²) in [6.07, 6.45) is 2.13. The molecule has 1 amide bonds. The molecule has 1 aromatic heterocycles. The molecule has 1 saturated carbocycles. The Labute approximate surface area is 111 Å². The van der Waals surface area contributed by atoms with Crippen molar-refractivity contribution in [2.24, 2.45) is 0 Å². The Kier molecular flexibility index (Phi) is 2.85. The highest BCUT2D eigenvalue weighted by Crippen LogP contribution is 2.23. The predicted octanol–water partition coefficient (Wildman–Crippen LogP) is 2.85. The van der Waals surface area contributed by atoms with E-state index in [1.165, 1.54) is 5.56 Å². The van der Waals surface area contributed by atoms with Crippen molar-refractivity contribution in [1.29, 1.82) is 0 Å². The summed E-state index contributed by atoms with van der Waals surface area (Å²) >= 11 is 0. The molecule has 0 atom stereocenters. The van der Waals surface area contributed by atoms with Gasteiger partial charge < -0.3 is 9.73 Å². The first kappa shape index (κ1) is 12.0. The summed E-state index contributed by atoms with van der Waals surface area (Å²) in [6.45, 7) is 3.80. The van der Waals surface area contributed by atoms with Crippen molar-refractivity contribution >= 4 is 5.91 Å². The molecular weight excluding hydrogens is 240 g/mol.